The van der Waals surface area contributed by atoms with Crippen LogP contribution in [0.4, 0.5) is 0 Å². The van der Waals surface area contributed by atoms with Gasteiger partial charge in [-0.3, -0.25) is 9.69 Å². The average Bonchev–Trinajstić information content (AvgIpc) is 3.34. The van der Waals surface area contributed by atoms with E-state index in [2.05, 4.69) is 15.0 Å². The Balaban J connectivity index is 1.32. The number of ether oxygens (including phenoxy) is 1. The number of halogens is 1. The zero-order valence-corrected chi connectivity index (χ0v) is 19.8. The van der Waals surface area contributed by atoms with Gasteiger partial charge in [0.25, 0.3) is 0 Å². The molecule has 0 bridgehead atoms. The van der Waals surface area contributed by atoms with Crippen molar-refractivity contribution in [3.8, 4) is 11.4 Å². The van der Waals surface area contributed by atoms with Crippen molar-refractivity contribution in [2.45, 2.75) is 25.8 Å². The Bertz CT molecular complexity index is 1100. The smallest absolute Gasteiger partial charge is 0.328 e. The van der Waals surface area contributed by atoms with E-state index >= 15 is 0 Å². The second-order valence-electron chi connectivity index (χ2n) is 8.00. The number of hydrogen-bond acceptors (Lipinski definition) is 7. The molecule has 9 heteroatoms. The van der Waals surface area contributed by atoms with Crippen LogP contribution in [0.2, 0.25) is 5.02 Å². The molecule has 0 aliphatic carbocycles. The van der Waals surface area contributed by atoms with E-state index in [-0.39, 0.29) is 18.3 Å². The maximum absolute atomic E-state index is 12.8. The summed E-state index contributed by atoms with van der Waals surface area (Å²) < 4.78 is 10.6. The van der Waals surface area contributed by atoms with Crippen LogP contribution in [0.15, 0.2) is 59.1 Å². The Morgan fingerprint density at radius 3 is 2.44 bits per heavy atom. The summed E-state index contributed by atoms with van der Waals surface area (Å²) in [6, 6.07) is 16.3. The summed E-state index contributed by atoms with van der Waals surface area (Å²) >= 11 is 6.01. The summed E-state index contributed by atoms with van der Waals surface area (Å²) in [6.07, 6.45) is 0.671. The number of carbonyl (C=O) groups is 2. The lowest BCUT2D eigenvalue weighted by molar-refractivity contribution is -0.151. The van der Waals surface area contributed by atoms with Crippen molar-refractivity contribution >= 4 is 23.5 Å². The van der Waals surface area contributed by atoms with E-state index in [0.29, 0.717) is 55.9 Å². The fraction of sp³-hybridized carbons (Fsp3) is 0.360. The normalized spacial score (nSPS) is 15.2. The SMILES string of the molecule is CCOC(=O)C(c1ccc(Cl)cc1)N1CCN(C(=O)CCc2nc(-c3ccccc3)no2)CC1. The minimum Gasteiger partial charge on any atom is -0.465 e. The minimum atomic E-state index is -0.524. The van der Waals surface area contributed by atoms with Crippen molar-refractivity contribution in [1.29, 1.82) is 0 Å². The lowest BCUT2D eigenvalue weighted by Crippen LogP contribution is -2.51. The van der Waals surface area contributed by atoms with Crippen LogP contribution >= 0.6 is 11.6 Å². The van der Waals surface area contributed by atoms with Crippen molar-refractivity contribution in [2.24, 2.45) is 0 Å². The molecular weight excluding hydrogens is 456 g/mol. The molecule has 34 heavy (non-hydrogen) atoms. The molecule has 4 rings (SSSR count). The second kappa shape index (κ2) is 11.3. The third-order valence-corrected chi connectivity index (χ3v) is 6.03. The van der Waals surface area contributed by atoms with Gasteiger partial charge in [0, 0.05) is 49.6 Å². The van der Waals surface area contributed by atoms with Crippen molar-refractivity contribution in [2.75, 3.05) is 32.8 Å². The molecule has 0 saturated carbocycles. The van der Waals surface area contributed by atoms with E-state index in [1.165, 1.54) is 0 Å². The molecule has 0 radical (unpaired) electrons. The molecule has 1 amide bonds. The standard InChI is InChI=1S/C25H27ClN4O4/c1-2-33-25(32)23(18-8-10-20(26)11-9-18)30-16-14-29(15-17-30)22(31)13-12-21-27-24(28-34-21)19-6-4-3-5-7-19/h3-11,23H,2,12-17H2,1H3. The summed E-state index contributed by atoms with van der Waals surface area (Å²) in [5.74, 6) is 0.688. The van der Waals surface area contributed by atoms with Gasteiger partial charge in [0.1, 0.15) is 6.04 Å². The number of hydrogen-bond donors (Lipinski definition) is 0. The Labute approximate surface area is 203 Å². The van der Waals surface area contributed by atoms with Crippen LogP contribution in [0.3, 0.4) is 0 Å². The van der Waals surface area contributed by atoms with Crippen molar-refractivity contribution in [3.63, 3.8) is 0 Å². The van der Waals surface area contributed by atoms with E-state index in [9.17, 15) is 9.59 Å². The van der Waals surface area contributed by atoms with E-state index in [1.807, 2.05) is 47.4 Å². The number of amides is 1. The number of piperazine rings is 1. The highest BCUT2D eigenvalue weighted by atomic mass is 35.5. The zero-order chi connectivity index (χ0) is 23.9. The van der Waals surface area contributed by atoms with Crippen LogP contribution in [0, 0.1) is 0 Å². The number of rotatable bonds is 8. The van der Waals surface area contributed by atoms with Gasteiger partial charge in [0.15, 0.2) is 0 Å². The quantitative estimate of drug-likeness (QED) is 0.451. The third kappa shape index (κ3) is 5.81. The fourth-order valence-corrected chi connectivity index (χ4v) is 4.15. The first-order chi connectivity index (χ1) is 16.5. The molecule has 178 valence electrons. The average molecular weight is 483 g/mol. The molecule has 1 aliphatic heterocycles. The first-order valence-corrected chi connectivity index (χ1v) is 11.7. The van der Waals surface area contributed by atoms with E-state index in [0.717, 1.165) is 11.1 Å². The number of benzene rings is 2. The molecule has 1 unspecified atom stereocenters. The van der Waals surface area contributed by atoms with Crippen LogP contribution in [0.1, 0.15) is 30.8 Å². The highest BCUT2D eigenvalue weighted by Gasteiger charge is 2.32. The van der Waals surface area contributed by atoms with Crippen LogP contribution in [-0.4, -0.2) is 64.6 Å². The molecule has 8 nitrogen and oxygen atoms in total. The lowest BCUT2D eigenvalue weighted by atomic mass is 10.0. The van der Waals surface area contributed by atoms with Crippen LogP contribution in [-0.2, 0) is 20.7 Å². The molecule has 1 aromatic heterocycles. The number of carbonyl (C=O) groups excluding carboxylic acids is 2. The predicted octanol–water partition coefficient (Wildman–Crippen LogP) is 3.77. The van der Waals surface area contributed by atoms with Crippen LogP contribution in [0.25, 0.3) is 11.4 Å². The van der Waals surface area contributed by atoms with Gasteiger partial charge < -0.3 is 14.2 Å². The maximum Gasteiger partial charge on any atom is 0.328 e. The molecule has 2 aromatic carbocycles. The van der Waals surface area contributed by atoms with Crippen molar-refractivity contribution < 1.29 is 18.8 Å². The maximum atomic E-state index is 12.8. The Morgan fingerprint density at radius 1 is 1.06 bits per heavy atom. The highest BCUT2D eigenvalue weighted by molar-refractivity contribution is 6.30. The van der Waals surface area contributed by atoms with Gasteiger partial charge in [0.2, 0.25) is 17.6 Å². The molecule has 1 atom stereocenters. The second-order valence-corrected chi connectivity index (χ2v) is 8.44. The highest BCUT2D eigenvalue weighted by Crippen LogP contribution is 2.25. The fourth-order valence-electron chi connectivity index (χ4n) is 4.02. The molecule has 1 saturated heterocycles. The van der Waals surface area contributed by atoms with E-state index in [4.69, 9.17) is 20.9 Å². The van der Waals surface area contributed by atoms with E-state index in [1.54, 1.807) is 19.1 Å². The van der Waals surface area contributed by atoms with Crippen molar-refractivity contribution in [1.82, 2.24) is 19.9 Å². The van der Waals surface area contributed by atoms with Gasteiger partial charge >= 0.3 is 5.97 Å². The van der Waals surface area contributed by atoms with Gasteiger partial charge in [-0.05, 0) is 24.6 Å². The van der Waals surface area contributed by atoms with Gasteiger partial charge in [-0.25, -0.2) is 4.79 Å². The first-order valence-electron chi connectivity index (χ1n) is 11.4. The Kier molecular flexibility index (Phi) is 7.92. The summed E-state index contributed by atoms with van der Waals surface area (Å²) in [7, 11) is 0. The lowest BCUT2D eigenvalue weighted by Gasteiger charge is -2.38. The predicted molar refractivity (Wildman–Crippen MR) is 127 cm³/mol. The van der Waals surface area contributed by atoms with E-state index < -0.39 is 6.04 Å². The summed E-state index contributed by atoms with van der Waals surface area (Å²) in [5, 5.41) is 4.61. The molecule has 0 spiro atoms. The summed E-state index contributed by atoms with van der Waals surface area (Å²) in [4.78, 5) is 33.7. The minimum absolute atomic E-state index is 0.0262. The molecule has 3 aromatic rings. The monoisotopic (exact) mass is 482 g/mol. The number of aryl methyl sites for hydroxylation is 1. The topological polar surface area (TPSA) is 88.8 Å². The number of esters is 1. The molecule has 1 aliphatic rings. The molecule has 1 fully saturated rings. The van der Waals surface area contributed by atoms with Gasteiger partial charge in [-0.2, -0.15) is 4.98 Å². The van der Waals surface area contributed by atoms with Crippen molar-refractivity contribution in [3.05, 3.63) is 71.1 Å². The molecular formula is C25H27ClN4O4. The third-order valence-electron chi connectivity index (χ3n) is 5.78. The van der Waals surface area contributed by atoms with Gasteiger partial charge in [-0.15, -0.1) is 0 Å². The Morgan fingerprint density at radius 2 is 1.76 bits per heavy atom. The first kappa shape index (κ1) is 23.9. The number of aromatic nitrogens is 2. The summed E-state index contributed by atoms with van der Waals surface area (Å²) in [5.41, 5.74) is 1.70. The molecule has 2 heterocycles. The Hall–Kier alpha value is -3.23. The summed E-state index contributed by atoms with van der Waals surface area (Å²) in [6.45, 7) is 4.29. The van der Waals surface area contributed by atoms with Crippen LogP contribution < -0.4 is 0 Å². The largest absolute Gasteiger partial charge is 0.465 e. The molecule has 0 N–H and O–H groups in total. The zero-order valence-electron chi connectivity index (χ0n) is 19.0. The van der Waals surface area contributed by atoms with Gasteiger partial charge in [0.05, 0.1) is 6.61 Å². The number of nitrogens with zero attached hydrogens (tertiary/aromatic N) is 4. The van der Waals surface area contributed by atoms with Crippen LogP contribution in [0.5, 0.6) is 0 Å². The van der Waals surface area contributed by atoms with Gasteiger partial charge in [-0.1, -0.05) is 59.2 Å².